The van der Waals surface area contributed by atoms with Crippen LogP contribution in [0.2, 0.25) is 0 Å². The van der Waals surface area contributed by atoms with Crippen molar-refractivity contribution in [3.8, 4) is 0 Å². The number of benzene rings is 1. The van der Waals surface area contributed by atoms with E-state index in [4.69, 9.17) is 4.74 Å². The molecule has 4 nitrogen and oxygen atoms in total. The smallest absolute Gasteiger partial charge is 0.319 e. The number of aryl methyl sites for hydroxylation is 1. The summed E-state index contributed by atoms with van der Waals surface area (Å²) in [5.74, 6) is -0.359. The monoisotopic (exact) mass is 294 g/mol. The summed E-state index contributed by atoms with van der Waals surface area (Å²) in [6, 6.07) is 4.06. The van der Waals surface area contributed by atoms with Crippen LogP contribution < -0.4 is 10.6 Å². The van der Waals surface area contributed by atoms with E-state index < -0.39 is 0 Å². The lowest BCUT2D eigenvalue weighted by atomic mass is 9.87. The molecule has 2 N–H and O–H groups in total. The highest BCUT2D eigenvalue weighted by Crippen LogP contribution is 2.37. The van der Waals surface area contributed by atoms with Crippen LogP contribution in [0.3, 0.4) is 0 Å². The van der Waals surface area contributed by atoms with Crippen LogP contribution in [0.1, 0.15) is 31.2 Å². The first-order chi connectivity index (χ1) is 10.0. The van der Waals surface area contributed by atoms with E-state index in [-0.39, 0.29) is 17.3 Å². The molecule has 116 valence electrons. The molecule has 5 heteroatoms. The van der Waals surface area contributed by atoms with E-state index in [0.717, 1.165) is 18.4 Å². The maximum Gasteiger partial charge on any atom is 0.319 e. The molecule has 1 saturated carbocycles. The van der Waals surface area contributed by atoms with Crippen molar-refractivity contribution in [1.29, 1.82) is 0 Å². The van der Waals surface area contributed by atoms with Crippen molar-refractivity contribution in [2.24, 2.45) is 5.41 Å². The average molecular weight is 294 g/mol. The van der Waals surface area contributed by atoms with Crippen LogP contribution in [-0.2, 0) is 4.74 Å². The molecule has 0 atom stereocenters. The van der Waals surface area contributed by atoms with Crippen LogP contribution in [0.25, 0.3) is 0 Å². The minimum Gasteiger partial charge on any atom is -0.384 e. The summed E-state index contributed by atoms with van der Waals surface area (Å²) in [6.45, 7) is 3.08. The van der Waals surface area contributed by atoms with E-state index in [1.54, 1.807) is 13.2 Å². The maximum atomic E-state index is 13.2. The number of hydrogen-bond donors (Lipinski definition) is 2. The summed E-state index contributed by atoms with van der Waals surface area (Å²) in [7, 11) is 1.69. The highest BCUT2D eigenvalue weighted by Gasteiger charge is 2.34. The van der Waals surface area contributed by atoms with Crippen LogP contribution in [-0.4, -0.2) is 26.3 Å². The van der Waals surface area contributed by atoms with Crippen LogP contribution in [0, 0.1) is 18.2 Å². The fourth-order valence-corrected chi connectivity index (χ4v) is 2.97. The van der Waals surface area contributed by atoms with Crippen molar-refractivity contribution in [2.45, 2.75) is 32.6 Å². The minimum absolute atomic E-state index is 0.0447. The van der Waals surface area contributed by atoms with Gasteiger partial charge in [-0.1, -0.05) is 18.9 Å². The molecule has 0 spiro atoms. The van der Waals surface area contributed by atoms with Crippen molar-refractivity contribution in [3.63, 3.8) is 0 Å². The highest BCUT2D eigenvalue weighted by atomic mass is 19.1. The van der Waals surface area contributed by atoms with E-state index in [1.165, 1.54) is 25.0 Å². The predicted molar refractivity (Wildman–Crippen MR) is 80.9 cm³/mol. The molecule has 0 aromatic heterocycles. The van der Waals surface area contributed by atoms with Gasteiger partial charge in [0.15, 0.2) is 0 Å². The van der Waals surface area contributed by atoms with Gasteiger partial charge in [-0.2, -0.15) is 0 Å². The summed E-state index contributed by atoms with van der Waals surface area (Å²) in [6.07, 6.45) is 4.49. The molecule has 21 heavy (non-hydrogen) atoms. The van der Waals surface area contributed by atoms with E-state index in [1.807, 2.05) is 6.92 Å². The van der Waals surface area contributed by atoms with Crippen LogP contribution in [0.15, 0.2) is 18.2 Å². The number of carbonyl (C=O) groups excluding carboxylic acids is 1. The quantitative estimate of drug-likeness (QED) is 0.873. The van der Waals surface area contributed by atoms with Gasteiger partial charge in [-0.3, -0.25) is 0 Å². The Morgan fingerprint density at radius 3 is 2.76 bits per heavy atom. The molecule has 0 radical (unpaired) electrons. The molecule has 2 rings (SSSR count). The van der Waals surface area contributed by atoms with E-state index in [0.29, 0.717) is 18.8 Å². The number of nitrogens with one attached hydrogen (secondary N) is 2. The van der Waals surface area contributed by atoms with Gasteiger partial charge in [0, 0.05) is 24.8 Å². The lowest BCUT2D eigenvalue weighted by Gasteiger charge is -2.28. The van der Waals surface area contributed by atoms with Gasteiger partial charge in [-0.05, 0) is 37.5 Å². The number of methoxy groups -OCH3 is 1. The number of anilines is 1. The van der Waals surface area contributed by atoms with Crippen molar-refractivity contribution in [3.05, 3.63) is 29.6 Å². The summed E-state index contributed by atoms with van der Waals surface area (Å²) < 4.78 is 18.5. The van der Waals surface area contributed by atoms with E-state index >= 15 is 0 Å². The third-order valence-electron chi connectivity index (χ3n) is 4.19. The third kappa shape index (κ3) is 4.17. The Labute approximate surface area is 125 Å². The average Bonchev–Trinajstić information content (AvgIpc) is 2.90. The minimum atomic E-state index is -0.359. The topological polar surface area (TPSA) is 50.4 Å². The largest absolute Gasteiger partial charge is 0.384 e. The molecular weight excluding hydrogens is 271 g/mol. The molecule has 2 amide bonds. The zero-order chi connectivity index (χ0) is 15.3. The molecule has 1 fully saturated rings. The molecule has 0 bridgehead atoms. The number of hydrogen-bond acceptors (Lipinski definition) is 2. The second-order valence-corrected chi connectivity index (χ2v) is 5.91. The zero-order valence-electron chi connectivity index (χ0n) is 12.7. The summed E-state index contributed by atoms with van der Waals surface area (Å²) in [5, 5.41) is 5.60. The lowest BCUT2D eigenvalue weighted by Crippen LogP contribution is -2.40. The lowest BCUT2D eigenvalue weighted by molar-refractivity contribution is 0.0847. The number of halogens is 1. The molecule has 1 aliphatic carbocycles. The van der Waals surface area contributed by atoms with E-state index in [2.05, 4.69) is 10.6 Å². The molecule has 1 aromatic carbocycles. The SMILES string of the molecule is COCC1(CNC(=O)Nc2cc(F)ccc2C)CCCC1. The zero-order valence-corrected chi connectivity index (χ0v) is 12.7. The Kier molecular flexibility index (Phi) is 5.17. The van der Waals surface area contributed by atoms with Gasteiger partial charge in [0.05, 0.1) is 6.61 Å². The predicted octanol–water partition coefficient (Wildman–Crippen LogP) is 3.46. The molecule has 1 aliphatic rings. The number of carbonyl (C=O) groups is 1. The first-order valence-electron chi connectivity index (χ1n) is 7.35. The van der Waals surface area contributed by atoms with Gasteiger partial charge in [0.25, 0.3) is 0 Å². The second kappa shape index (κ2) is 6.89. The Morgan fingerprint density at radius 1 is 1.38 bits per heavy atom. The number of ether oxygens (including phenoxy) is 1. The molecule has 1 aromatic rings. The highest BCUT2D eigenvalue weighted by molar-refractivity contribution is 5.90. The first kappa shape index (κ1) is 15.8. The Bertz CT molecular complexity index is 499. The van der Waals surface area contributed by atoms with Gasteiger partial charge < -0.3 is 15.4 Å². The van der Waals surface area contributed by atoms with Crippen molar-refractivity contribution < 1.29 is 13.9 Å². The summed E-state index contributed by atoms with van der Waals surface area (Å²) in [5.41, 5.74) is 1.38. The van der Waals surface area contributed by atoms with Gasteiger partial charge >= 0.3 is 6.03 Å². The molecule has 0 aliphatic heterocycles. The molecule has 0 unspecified atom stereocenters. The molecular formula is C16H23FN2O2. The van der Waals surface area contributed by atoms with Gasteiger partial charge in [0.2, 0.25) is 0 Å². The number of urea groups is 1. The van der Waals surface area contributed by atoms with Crippen LogP contribution in [0.4, 0.5) is 14.9 Å². The Morgan fingerprint density at radius 2 is 2.10 bits per heavy atom. The maximum absolute atomic E-state index is 13.2. The summed E-state index contributed by atoms with van der Waals surface area (Å²) in [4.78, 5) is 12.0. The Hall–Kier alpha value is -1.62. The fourth-order valence-electron chi connectivity index (χ4n) is 2.97. The van der Waals surface area contributed by atoms with Crippen molar-refractivity contribution in [1.82, 2.24) is 5.32 Å². The Balaban J connectivity index is 1.91. The number of rotatable bonds is 5. The standard InChI is InChI=1S/C16H23FN2O2/c1-12-5-6-13(17)9-14(12)19-15(20)18-10-16(11-21-2)7-3-4-8-16/h5-6,9H,3-4,7-8,10-11H2,1-2H3,(H2,18,19,20). The molecule has 0 heterocycles. The second-order valence-electron chi connectivity index (χ2n) is 5.91. The normalized spacial score (nSPS) is 16.7. The summed E-state index contributed by atoms with van der Waals surface area (Å²) >= 11 is 0. The fraction of sp³-hybridized carbons (Fsp3) is 0.562. The van der Waals surface area contributed by atoms with Crippen LogP contribution >= 0.6 is 0 Å². The van der Waals surface area contributed by atoms with Crippen molar-refractivity contribution in [2.75, 3.05) is 25.6 Å². The molecule has 0 saturated heterocycles. The van der Waals surface area contributed by atoms with E-state index in [9.17, 15) is 9.18 Å². The van der Waals surface area contributed by atoms with Crippen molar-refractivity contribution >= 4 is 11.7 Å². The first-order valence-corrected chi connectivity index (χ1v) is 7.35. The van der Waals surface area contributed by atoms with Crippen LogP contribution in [0.5, 0.6) is 0 Å². The third-order valence-corrected chi connectivity index (χ3v) is 4.19. The van der Waals surface area contributed by atoms with Gasteiger partial charge in [-0.25, -0.2) is 9.18 Å². The van der Waals surface area contributed by atoms with Gasteiger partial charge in [0.1, 0.15) is 5.82 Å². The number of amides is 2. The van der Waals surface area contributed by atoms with Gasteiger partial charge in [-0.15, -0.1) is 0 Å².